The minimum absolute atomic E-state index is 0.0139. The molecule has 5 N–H and O–H groups in total. The number of carbonyl (C=O) groups excluding carboxylic acids is 2. The van der Waals surface area contributed by atoms with Gasteiger partial charge in [0.2, 0.25) is 5.91 Å². The molecule has 5 nitrogen and oxygen atoms in total. The number of hydrogen-bond donors (Lipinski definition) is 3. The number of benzene rings is 1. The Morgan fingerprint density at radius 1 is 1.45 bits per heavy atom. The molecule has 0 aliphatic heterocycles. The van der Waals surface area contributed by atoms with Crippen LogP contribution in [0.2, 0.25) is 0 Å². The smallest absolute Gasteiger partial charge is 0.254 e. The summed E-state index contributed by atoms with van der Waals surface area (Å²) in [5.41, 5.74) is 10.6. The molecule has 0 aliphatic rings. The van der Waals surface area contributed by atoms with Crippen LogP contribution >= 0.6 is 0 Å². The highest BCUT2D eigenvalue weighted by molar-refractivity contribution is 5.95. The van der Waals surface area contributed by atoms with Crippen molar-refractivity contribution in [3.05, 3.63) is 35.1 Å². The molecule has 1 unspecified atom stereocenters. The summed E-state index contributed by atoms with van der Waals surface area (Å²) in [5, 5.41) is 2.50. The van der Waals surface area contributed by atoms with Gasteiger partial charge in [0, 0.05) is 18.0 Å². The number of nitrogens with two attached hydrogens (primary N) is 2. The average molecular weight is 277 g/mol. The van der Waals surface area contributed by atoms with Gasteiger partial charge in [-0.25, -0.2) is 4.39 Å². The lowest BCUT2D eigenvalue weighted by Gasteiger charge is -2.12. The first kappa shape index (κ1) is 15.7. The lowest BCUT2D eigenvalue weighted by molar-refractivity contribution is -0.118. The highest BCUT2D eigenvalue weighted by atomic mass is 19.1. The second-order valence-electron chi connectivity index (χ2n) is 4.25. The van der Waals surface area contributed by atoms with Gasteiger partial charge in [-0.3, -0.25) is 9.59 Å². The van der Waals surface area contributed by atoms with Crippen LogP contribution in [0.15, 0.2) is 18.2 Å². The Balaban J connectivity index is 2.89. The van der Waals surface area contributed by atoms with E-state index in [1.54, 1.807) is 6.92 Å². The van der Waals surface area contributed by atoms with Gasteiger partial charge in [0.15, 0.2) is 0 Å². The van der Waals surface area contributed by atoms with E-state index in [4.69, 9.17) is 11.5 Å². The van der Waals surface area contributed by atoms with Crippen molar-refractivity contribution in [3.8, 4) is 11.8 Å². The number of amides is 2. The molecule has 1 rings (SSSR count). The first-order valence-corrected chi connectivity index (χ1v) is 6.01. The van der Waals surface area contributed by atoms with Gasteiger partial charge in [-0.1, -0.05) is 11.8 Å². The topological polar surface area (TPSA) is 98.2 Å². The molecule has 0 saturated heterocycles. The van der Waals surface area contributed by atoms with Crippen molar-refractivity contribution in [2.45, 2.75) is 19.4 Å². The first-order valence-electron chi connectivity index (χ1n) is 6.01. The second kappa shape index (κ2) is 7.26. The van der Waals surface area contributed by atoms with Crippen molar-refractivity contribution in [1.82, 2.24) is 5.32 Å². The van der Waals surface area contributed by atoms with Gasteiger partial charge < -0.3 is 16.8 Å². The van der Waals surface area contributed by atoms with E-state index in [0.717, 1.165) is 6.07 Å². The zero-order chi connectivity index (χ0) is 15.1. The Kier molecular flexibility index (Phi) is 5.69. The van der Waals surface area contributed by atoms with E-state index in [9.17, 15) is 14.0 Å². The van der Waals surface area contributed by atoms with Gasteiger partial charge in [-0.2, -0.15) is 0 Å². The lowest BCUT2D eigenvalue weighted by Crippen LogP contribution is -2.36. The molecule has 2 amide bonds. The SMILES string of the molecule is CC(CC(N)=O)NC(=O)c1cc(C#CCN)ccc1F. The first-order chi connectivity index (χ1) is 9.43. The van der Waals surface area contributed by atoms with E-state index >= 15 is 0 Å². The van der Waals surface area contributed by atoms with Gasteiger partial charge in [0.05, 0.1) is 12.1 Å². The highest BCUT2D eigenvalue weighted by Gasteiger charge is 2.15. The van der Waals surface area contributed by atoms with Crippen LogP contribution in [0.1, 0.15) is 29.3 Å². The fraction of sp³-hybridized carbons (Fsp3) is 0.286. The molecule has 0 saturated carbocycles. The number of primary amides is 1. The minimum atomic E-state index is -0.660. The van der Waals surface area contributed by atoms with Crippen LogP contribution in [0.4, 0.5) is 4.39 Å². The number of halogens is 1. The summed E-state index contributed by atoms with van der Waals surface area (Å²) >= 11 is 0. The van der Waals surface area contributed by atoms with Crippen LogP contribution in [0.25, 0.3) is 0 Å². The molecule has 0 fully saturated rings. The van der Waals surface area contributed by atoms with Crippen molar-refractivity contribution in [3.63, 3.8) is 0 Å². The molecule has 6 heteroatoms. The van der Waals surface area contributed by atoms with E-state index in [1.807, 2.05) is 0 Å². The molecular formula is C14H16FN3O2. The molecule has 20 heavy (non-hydrogen) atoms. The summed E-state index contributed by atoms with van der Waals surface area (Å²) in [6.45, 7) is 1.78. The third-order valence-corrected chi connectivity index (χ3v) is 2.43. The van der Waals surface area contributed by atoms with E-state index in [2.05, 4.69) is 17.2 Å². The largest absolute Gasteiger partial charge is 0.370 e. The number of rotatable bonds is 4. The molecular weight excluding hydrogens is 261 g/mol. The van der Waals surface area contributed by atoms with Crippen LogP contribution < -0.4 is 16.8 Å². The molecule has 0 radical (unpaired) electrons. The number of nitrogens with one attached hydrogen (secondary N) is 1. The fourth-order valence-corrected chi connectivity index (χ4v) is 1.58. The molecule has 0 spiro atoms. The van der Waals surface area contributed by atoms with Crippen molar-refractivity contribution in [2.75, 3.05) is 6.54 Å². The van der Waals surface area contributed by atoms with Gasteiger partial charge in [0.1, 0.15) is 5.82 Å². The Bertz CT molecular complexity index is 576. The Labute approximate surface area is 116 Å². The van der Waals surface area contributed by atoms with E-state index in [1.165, 1.54) is 12.1 Å². The Hall–Kier alpha value is -2.39. The average Bonchev–Trinajstić information content (AvgIpc) is 2.36. The normalized spacial score (nSPS) is 11.2. The quantitative estimate of drug-likeness (QED) is 0.682. The van der Waals surface area contributed by atoms with Crippen LogP contribution in [0.5, 0.6) is 0 Å². The molecule has 106 valence electrons. The third kappa shape index (κ3) is 4.71. The fourth-order valence-electron chi connectivity index (χ4n) is 1.58. The predicted molar refractivity (Wildman–Crippen MR) is 73.1 cm³/mol. The Morgan fingerprint density at radius 2 is 2.15 bits per heavy atom. The summed E-state index contributed by atoms with van der Waals surface area (Å²) in [5.74, 6) is 3.52. The van der Waals surface area contributed by atoms with E-state index in [-0.39, 0.29) is 18.5 Å². The number of hydrogen-bond acceptors (Lipinski definition) is 3. The van der Waals surface area contributed by atoms with E-state index < -0.39 is 23.7 Å². The maximum atomic E-state index is 13.6. The molecule has 1 atom stereocenters. The third-order valence-electron chi connectivity index (χ3n) is 2.43. The summed E-state index contributed by atoms with van der Waals surface area (Å²) in [4.78, 5) is 22.6. The summed E-state index contributed by atoms with van der Waals surface area (Å²) in [7, 11) is 0. The standard InChI is InChI=1S/C14H16FN3O2/c1-9(7-13(17)19)18-14(20)11-8-10(3-2-6-16)4-5-12(11)15/h4-5,8-9H,6-7,16H2,1H3,(H2,17,19)(H,18,20). The summed E-state index contributed by atoms with van der Waals surface area (Å²) in [6.07, 6.45) is -0.0139. The predicted octanol–water partition coefficient (Wildman–Crippen LogP) is 0.130. The maximum Gasteiger partial charge on any atom is 0.254 e. The molecule has 0 aromatic heterocycles. The molecule has 0 heterocycles. The lowest BCUT2D eigenvalue weighted by atomic mass is 10.1. The zero-order valence-corrected chi connectivity index (χ0v) is 11.1. The number of carbonyl (C=O) groups is 2. The van der Waals surface area contributed by atoms with E-state index in [0.29, 0.717) is 5.56 Å². The van der Waals surface area contributed by atoms with Gasteiger partial charge in [-0.05, 0) is 25.1 Å². The monoisotopic (exact) mass is 277 g/mol. The van der Waals surface area contributed by atoms with Crippen molar-refractivity contribution in [2.24, 2.45) is 11.5 Å². The van der Waals surface area contributed by atoms with Crippen LogP contribution in [0, 0.1) is 17.7 Å². The van der Waals surface area contributed by atoms with Crippen LogP contribution in [0.3, 0.4) is 0 Å². The van der Waals surface area contributed by atoms with Gasteiger partial charge in [0.25, 0.3) is 5.91 Å². The van der Waals surface area contributed by atoms with Crippen molar-refractivity contribution < 1.29 is 14.0 Å². The van der Waals surface area contributed by atoms with Crippen molar-refractivity contribution >= 4 is 11.8 Å². The molecule has 0 bridgehead atoms. The maximum absolute atomic E-state index is 13.6. The summed E-state index contributed by atoms with van der Waals surface area (Å²) < 4.78 is 13.6. The Morgan fingerprint density at radius 3 is 2.75 bits per heavy atom. The summed E-state index contributed by atoms with van der Waals surface area (Å²) in [6, 6.07) is 3.48. The molecule has 0 aliphatic carbocycles. The van der Waals surface area contributed by atoms with Crippen LogP contribution in [-0.2, 0) is 4.79 Å². The van der Waals surface area contributed by atoms with Crippen molar-refractivity contribution in [1.29, 1.82) is 0 Å². The molecule has 1 aromatic rings. The highest BCUT2D eigenvalue weighted by Crippen LogP contribution is 2.10. The second-order valence-corrected chi connectivity index (χ2v) is 4.25. The minimum Gasteiger partial charge on any atom is -0.370 e. The van der Waals surface area contributed by atoms with Gasteiger partial charge >= 0.3 is 0 Å². The molecule has 1 aromatic carbocycles. The van der Waals surface area contributed by atoms with Gasteiger partial charge in [-0.15, -0.1) is 0 Å². The zero-order valence-electron chi connectivity index (χ0n) is 11.1. The van der Waals surface area contributed by atoms with Crippen LogP contribution in [-0.4, -0.2) is 24.4 Å².